The van der Waals surface area contributed by atoms with Crippen molar-refractivity contribution < 1.29 is 94.5 Å². The first-order valence-electron chi connectivity index (χ1n) is 13.1. The molecule has 19 nitrogen and oxygen atoms in total. The minimum Gasteiger partial charge on any atom is -0.394 e. The Hall–Kier alpha value is -1.05. The van der Waals surface area contributed by atoms with Crippen LogP contribution in [0.4, 0.5) is 0 Å². The van der Waals surface area contributed by atoms with Crippen LogP contribution in [-0.4, -0.2) is 198 Å². The third-order valence-electron chi connectivity index (χ3n) is 7.39. The van der Waals surface area contributed by atoms with Crippen molar-refractivity contribution in [3.8, 4) is 0 Å². The number of aliphatic hydroxyl groups excluding tert-OH is 12. The van der Waals surface area contributed by atoms with Crippen LogP contribution in [0.3, 0.4) is 0 Å². The van der Waals surface area contributed by atoms with Crippen LogP contribution < -0.4 is 0 Å². The fourth-order valence-corrected chi connectivity index (χ4v) is 4.79. The van der Waals surface area contributed by atoms with E-state index in [0.29, 0.717) is 0 Å². The Balaban J connectivity index is 1.78. The lowest BCUT2D eigenvalue weighted by Gasteiger charge is -2.48. The maximum Gasteiger partial charge on any atom is 0.187 e. The molecular formula is C23H40O19. The van der Waals surface area contributed by atoms with Gasteiger partial charge < -0.3 is 94.5 Å². The number of rotatable bonds is 12. The van der Waals surface area contributed by atoms with Gasteiger partial charge in [0.2, 0.25) is 0 Å². The summed E-state index contributed by atoms with van der Waals surface area (Å²) in [7, 11) is 0. The van der Waals surface area contributed by atoms with Gasteiger partial charge in [0.15, 0.2) is 25.2 Å². The second-order valence-electron chi connectivity index (χ2n) is 10.3. The lowest BCUT2D eigenvalue weighted by molar-refractivity contribution is -0.382. The Morgan fingerprint density at radius 1 is 0.667 bits per heavy atom. The summed E-state index contributed by atoms with van der Waals surface area (Å²) >= 11 is 0. The summed E-state index contributed by atoms with van der Waals surface area (Å²) in [5.74, 6) is 0. The lowest BCUT2D eigenvalue weighted by atomic mass is 9.96. The van der Waals surface area contributed by atoms with Gasteiger partial charge in [-0.2, -0.15) is 0 Å². The molecule has 0 aromatic carbocycles. The number of aldehydes is 1. The molecule has 0 amide bonds. The normalized spacial score (nSPS) is 47.0. The van der Waals surface area contributed by atoms with E-state index in [1.54, 1.807) is 0 Å². The van der Waals surface area contributed by atoms with Gasteiger partial charge in [-0.3, -0.25) is 0 Å². The van der Waals surface area contributed by atoms with Crippen molar-refractivity contribution in [1.82, 2.24) is 0 Å². The van der Waals surface area contributed by atoms with Gasteiger partial charge in [0, 0.05) is 0 Å². The first kappa shape index (κ1) is 35.4. The summed E-state index contributed by atoms with van der Waals surface area (Å²) < 4.78 is 32.5. The molecule has 3 heterocycles. The predicted molar refractivity (Wildman–Crippen MR) is 128 cm³/mol. The van der Waals surface area contributed by atoms with Crippen molar-refractivity contribution in [1.29, 1.82) is 0 Å². The molecule has 12 N–H and O–H groups in total. The highest BCUT2D eigenvalue weighted by atomic mass is 16.8. The zero-order valence-corrected chi connectivity index (χ0v) is 22.3. The van der Waals surface area contributed by atoms with Crippen LogP contribution in [0, 0.1) is 0 Å². The molecule has 0 radical (unpaired) electrons. The van der Waals surface area contributed by atoms with E-state index in [2.05, 4.69) is 0 Å². The number of aliphatic hydroxyl groups is 12. The molecule has 0 aliphatic carbocycles. The van der Waals surface area contributed by atoms with Gasteiger partial charge in [-0.25, -0.2) is 0 Å². The fourth-order valence-electron chi connectivity index (χ4n) is 4.79. The SMILES string of the molecule is C[C@@H]1O[C@@H](O[C@H](CO)[C@@H](O)[C@@H](O)C=O)[C@H](O)[C@H](O[C@H]2O[C@H](CO)[C@@H](O)[C@H](O[C@H]3O[C@H](CO)[C@H](O)[C@H](O)[C@H]3O)[C@H]2O)[C@H]1O. The molecule has 0 aromatic heterocycles. The van der Waals surface area contributed by atoms with E-state index in [1.165, 1.54) is 6.92 Å². The zero-order chi connectivity index (χ0) is 31.5. The smallest absolute Gasteiger partial charge is 0.187 e. The third kappa shape index (κ3) is 7.42. The monoisotopic (exact) mass is 620 g/mol. The molecule has 0 unspecified atom stereocenters. The summed E-state index contributed by atoms with van der Waals surface area (Å²) in [5.41, 5.74) is 0. The van der Waals surface area contributed by atoms with Gasteiger partial charge in [-0.1, -0.05) is 0 Å². The van der Waals surface area contributed by atoms with E-state index in [0.717, 1.165) is 0 Å². The van der Waals surface area contributed by atoms with E-state index in [9.17, 15) is 66.1 Å². The van der Waals surface area contributed by atoms with Crippen LogP contribution in [0.1, 0.15) is 6.92 Å². The molecule has 3 saturated heterocycles. The van der Waals surface area contributed by atoms with Gasteiger partial charge >= 0.3 is 0 Å². The molecule has 3 fully saturated rings. The molecule has 3 aliphatic rings. The topological polar surface area (TPSA) is 315 Å². The van der Waals surface area contributed by atoms with E-state index in [-0.39, 0.29) is 6.29 Å². The molecule has 0 saturated carbocycles. The third-order valence-corrected chi connectivity index (χ3v) is 7.39. The quantitative estimate of drug-likeness (QED) is 0.0901. The molecule has 246 valence electrons. The van der Waals surface area contributed by atoms with Crippen molar-refractivity contribution in [2.45, 2.75) is 117 Å². The van der Waals surface area contributed by atoms with Crippen molar-refractivity contribution in [3.63, 3.8) is 0 Å². The largest absolute Gasteiger partial charge is 0.394 e. The van der Waals surface area contributed by atoms with Gasteiger partial charge in [0.1, 0.15) is 85.5 Å². The summed E-state index contributed by atoms with van der Waals surface area (Å²) in [6.07, 6.45) is -31.3. The lowest BCUT2D eigenvalue weighted by Crippen LogP contribution is -2.66. The van der Waals surface area contributed by atoms with E-state index in [4.69, 9.17) is 28.4 Å². The highest BCUT2D eigenvalue weighted by Crippen LogP contribution is 2.33. The molecule has 19 heteroatoms. The minimum atomic E-state index is -1.98. The fraction of sp³-hybridized carbons (Fsp3) is 0.957. The Bertz CT molecular complexity index is 836. The minimum absolute atomic E-state index is 0.0103. The molecule has 42 heavy (non-hydrogen) atoms. The number of carbonyl (C=O) groups is 1. The molecule has 3 aliphatic heterocycles. The zero-order valence-electron chi connectivity index (χ0n) is 22.3. The number of hydrogen-bond acceptors (Lipinski definition) is 19. The number of carbonyl (C=O) groups excluding carboxylic acids is 1. The van der Waals surface area contributed by atoms with Crippen molar-refractivity contribution in [2.24, 2.45) is 0 Å². The van der Waals surface area contributed by atoms with Gasteiger partial charge in [0.25, 0.3) is 0 Å². The second kappa shape index (κ2) is 15.3. The standard InChI is InChI=1S/C23H40O19/c1-6-11(29)19(17(35)22(37-6)38-8(3-25)12(30)7(28)2-24)41-23-18(36)20(14(32)10(5-27)40-23)42-21-16(34)15(33)13(31)9(4-26)39-21/h2,6-23,25-36H,3-5H2,1H3/t6-,7-,8+,9+,10+,11-,12-,13-,14+,15-,16+,17+,18+,19+,20-,21+,22-,23+/m0/s1. The number of hydrogen-bond donors (Lipinski definition) is 12. The second-order valence-corrected chi connectivity index (χ2v) is 10.3. The Morgan fingerprint density at radius 3 is 1.69 bits per heavy atom. The first-order chi connectivity index (χ1) is 19.8. The molecular weight excluding hydrogens is 580 g/mol. The first-order valence-corrected chi connectivity index (χ1v) is 13.1. The maximum absolute atomic E-state index is 11.0. The summed E-state index contributed by atoms with van der Waals surface area (Å²) in [4.78, 5) is 10.8. The van der Waals surface area contributed by atoms with Gasteiger partial charge in [-0.05, 0) is 6.92 Å². The van der Waals surface area contributed by atoms with Crippen LogP contribution in [0.25, 0.3) is 0 Å². The van der Waals surface area contributed by atoms with Crippen LogP contribution in [-0.2, 0) is 33.2 Å². The summed E-state index contributed by atoms with van der Waals surface area (Å²) in [6, 6.07) is 0. The van der Waals surface area contributed by atoms with Crippen LogP contribution in [0.15, 0.2) is 0 Å². The van der Waals surface area contributed by atoms with Crippen LogP contribution >= 0.6 is 0 Å². The molecule has 3 rings (SSSR count). The molecule has 0 bridgehead atoms. The molecule has 0 spiro atoms. The molecule has 0 aromatic rings. The Labute approximate surface area is 238 Å². The maximum atomic E-state index is 11.0. The van der Waals surface area contributed by atoms with Crippen molar-refractivity contribution >= 4 is 6.29 Å². The highest BCUT2D eigenvalue weighted by molar-refractivity contribution is 5.56. The van der Waals surface area contributed by atoms with Crippen LogP contribution in [0.5, 0.6) is 0 Å². The number of ether oxygens (including phenoxy) is 6. The van der Waals surface area contributed by atoms with E-state index >= 15 is 0 Å². The summed E-state index contributed by atoms with van der Waals surface area (Å²) in [6.45, 7) is -1.26. The van der Waals surface area contributed by atoms with Crippen molar-refractivity contribution in [2.75, 3.05) is 19.8 Å². The Morgan fingerprint density at radius 2 is 1.17 bits per heavy atom. The van der Waals surface area contributed by atoms with Gasteiger partial charge in [-0.15, -0.1) is 0 Å². The van der Waals surface area contributed by atoms with E-state index < -0.39 is 130 Å². The average Bonchev–Trinajstić information content (AvgIpc) is 2.98. The predicted octanol–water partition coefficient (Wildman–Crippen LogP) is -8.24. The average molecular weight is 621 g/mol. The van der Waals surface area contributed by atoms with E-state index in [1.807, 2.05) is 0 Å². The molecule has 18 atom stereocenters. The van der Waals surface area contributed by atoms with Crippen molar-refractivity contribution in [3.05, 3.63) is 0 Å². The van der Waals surface area contributed by atoms with Gasteiger partial charge in [0.05, 0.1) is 25.9 Å². The Kier molecular flexibility index (Phi) is 12.9. The van der Waals surface area contributed by atoms with Crippen LogP contribution in [0.2, 0.25) is 0 Å². The summed E-state index contributed by atoms with van der Waals surface area (Å²) in [5, 5.41) is 122. The highest BCUT2D eigenvalue weighted by Gasteiger charge is 2.53.